The first-order chi connectivity index (χ1) is 8.34. The Morgan fingerprint density at radius 1 is 1.50 bits per heavy atom. The van der Waals surface area contributed by atoms with Gasteiger partial charge in [0.25, 0.3) is 0 Å². The molecular formula is C10H8F3N3O2. The summed E-state index contributed by atoms with van der Waals surface area (Å²) in [5.74, 6) is -1.37. The van der Waals surface area contributed by atoms with Crippen molar-refractivity contribution in [3.05, 3.63) is 29.2 Å². The molecule has 8 heteroatoms. The van der Waals surface area contributed by atoms with E-state index < -0.39 is 29.1 Å². The van der Waals surface area contributed by atoms with E-state index in [0.29, 0.717) is 18.3 Å². The normalized spacial score (nSPS) is 12.0. The fraction of sp³-hybridized carbons (Fsp3) is 0.300. The molecule has 1 N–H and O–H groups in total. The molecule has 0 saturated heterocycles. The van der Waals surface area contributed by atoms with Gasteiger partial charge in [-0.3, -0.25) is 0 Å². The summed E-state index contributed by atoms with van der Waals surface area (Å²) >= 11 is 0. The Bertz CT molecular complexity index is 619. The van der Waals surface area contributed by atoms with Gasteiger partial charge in [0, 0.05) is 5.69 Å². The van der Waals surface area contributed by atoms with Crippen molar-refractivity contribution in [1.29, 1.82) is 0 Å². The molecule has 0 saturated carbocycles. The van der Waals surface area contributed by atoms with Crippen LogP contribution < -0.4 is 0 Å². The van der Waals surface area contributed by atoms with Gasteiger partial charge >= 0.3 is 12.1 Å². The Morgan fingerprint density at radius 2 is 2.17 bits per heavy atom. The molecule has 0 fully saturated rings. The lowest BCUT2D eigenvalue weighted by molar-refractivity contribution is -0.136. The molecule has 0 atom stereocenters. The van der Waals surface area contributed by atoms with Crippen molar-refractivity contribution in [2.45, 2.75) is 19.5 Å². The van der Waals surface area contributed by atoms with Crippen LogP contribution in [0.5, 0.6) is 0 Å². The van der Waals surface area contributed by atoms with E-state index >= 15 is 0 Å². The number of halogens is 3. The van der Waals surface area contributed by atoms with Crippen LogP contribution in [0.4, 0.5) is 13.2 Å². The summed E-state index contributed by atoms with van der Waals surface area (Å²) < 4.78 is 39.0. The zero-order valence-electron chi connectivity index (χ0n) is 9.19. The number of carbonyl (C=O) groups is 1. The van der Waals surface area contributed by atoms with Crippen molar-refractivity contribution >= 4 is 11.6 Å². The number of aryl methyl sites for hydroxylation is 1. The summed E-state index contributed by atoms with van der Waals surface area (Å²) in [6.07, 6.45) is -3.62. The zero-order chi connectivity index (χ0) is 13.5. The van der Waals surface area contributed by atoms with E-state index in [4.69, 9.17) is 5.11 Å². The second kappa shape index (κ2) is 3.97. The van der Waals surface area contributed by atoms with Gasteiger partial charge in [0.15, 0.2) is 11.3 Å². The molecule has 0 aliphatic rings. The molecule has 2 heterocycles. The highest BCUT2D eigenvalue weighted by Crippen LogP contribution is 2.32. The quantitative estimate of drug-likeness (QED) is 0.895. The first-order valence-electron chi connectivity index (χ1n) is 5.02. The van der Waals surface area contributed by atoms with Gasteiger partial charge < -0.3 is 5.11 Å². The van der Waals surface area contributed by atoms with E-state index in [1.54, 1.807) is 6.92 Å². The van der Waals surface area contributed by atoms with Crippen molar-refractivity contribution in [3.63, 3.8) is 0 Å². The van der Waals surface area contributed by atoms with E-state index in [1.165, 1.54) is 6.07 Å². The number of hydrogen-bond donors (Lipinski definition) is 1. The number of rotatable bonds is 2. The number of hydrogen-bond acceptors (Lipinski definition) is 3. The van der Waals surface area contributed by atoms with Gasteiger partial charge in [0.1, 0.15) is 5.56 Å². The summed E-state index contributed by atoms with van der Waals surface area (Å²) in [6.45, 7) is 1.69. The highest BCUT2D eigenvalue weighted by atomic mass is 19.4. The van der Waals surface area contributed by atoms with Crippen molar-refractivity contribution < 1.29 is 23.1 Å². The van der Waals surface area contributed by atoms with Crippen molar-refractivity contribution in [2.75, 3.05) is 0 Å². The molecule has 0 spiro atoms. The fourth-order valence-electron chi connectivity index (χ4n) is 1.59. The molecule has 2 rings (SSSR count). The van der Waals surface area contributed by atoms with Crippen molar-refractivity contribution in [3.8, 4) is 0 Å². The number of carboxylic acid groups (broad SMARTS) is 1. The van der Waals surface area contributed by atoms with Crippen LogP contribution in [0.2, 0.25) is 0 Å². The molecule has 96 valence electrons. The molecule has 0 aliphatic carbocycles. The van der Waals surface area contributed by atoms with Gasteiger partial charge in [-0.05, 0) is 12.5 Å². The minimum atomic E-state index is -4.61. The highest BCUT2D eigenvalue weighted by Gasteiger charge is 2.35. The Morgan fingerprint density at radius 3 is 2.67 bits per heavy atom. The molecule has 0 bridgehead atoms. The average molecular weight is 259 g/mol. The van der Waals surface area contributed by atoms with Crippen LogP contribution in [-0.2, 0) is 12.6 Å². The topological polar surface area (TPSA) is 67.5 Å². The number of fused-ring (bicyclic) bond motifs is 1. The Balaban J connectivity index is 2.80. The summed E-state index contributed by atoms with van der Waals surface area (Å²) in [5.41, 5.74) is -1.60. The molecule has 0 aromatic carbocycles. The van der Waals surface area contributed by atoms with Crippen LogP contribution in [0.3, 0.4) is 0 Å². The maximum Gasteiger partial charge on any atom is 0.421 e. The zero-order valence-corrected chi connectivity index (χ0v) is 9.19. The van der Waals surface area contributed by atoms with Gasteiger partial charge in [-0.25, -0.2) is 14.3 Å². The van der Waals surface area contributed by atoms with Crippen molar-refractivity contribution in [2.24, 2.45) is 0 Å². The highest BCUT2D eigenvalue weighted by molar-refractivity contribution is 5.86. The monoisotopic (exact) mass is 259 g/mol. The van der Waals surface area contributed by atoms with E-state index in [9.17, 15) is 18.0 Å². The fourth-order valence-corrected chi connectivity index (χ4v) is 1.59. The van der Waals surface area contributed by atoms with Gasteiger partial charge in [-0.2, -0.15) is 18.3 Å². The standard InChI is InChI=1S/C10H8F3N3O2/c1-2-5-3-7(9(17)18)15-8-6(10(11,12)13)4-14-16(5)8/h3-4H,2H2,1H3,(H,17,18). The first-order valence-corrected chi connectivity index (χ1v) is 5.02. The minimum absolute atomic E-state index is 0.346. The lowest BCUT2D eigenvalue weighted by Gasteiger charge is -2.06. The van der Waals surface area contributed by atoms with Crippen LogP contribution in [-0.4, -0.2) is 25.7 Å². The van der Waals surface area contributed by atoms with Crippen LogP contribution in [0.1, 0.15) is 28.7 Å². The number of aromatic carboxylic acids is 1. The Labute approximate surface area is 98.9 Å². The minimum Gasteiger partial charge on any atom is -0.477 e. The predicted octanol–water partition coefficient (Wildman–Crippen LogP) is 2.01. The Kier molecular flexibility index (Phi) is 2.72. The molecule has 0 unspecified atom stereocenters. The van der Waals surface area contributed by atoms with Crippen LogP contribution in [0.15, 0.2) is 12.3 Å². The molecule has 0 aliphatic heterocycles. The average Bonchev–Trinajstić information content (AvgIpc) is 2.70. The predicted molar refractivity (Wildman–Crippen MR) is 54.3 cm³/mol. The second-order valence-electron chi connectivity index (χ2n) is 3.58. The largest absolute Gasteiger partial charge is 0.477 e. The lowest BCUT2D eigenvalue weighted by atomic mass is 10.2. The molecular weight excluding hydrogens is 251 g/mol. The summed E-state index contributed by atoms with van der Waals surface area (Å²) in [7, 11) is 0. The molecule has 5 nitrogen and oxygen atoms in total. The number of nitrogens with zero attached hydrogens (tertiary/aromatic N) is 3. The number of aromatic nitrogens is 3. The molecule has 0 radical (unpaired) electrons. The lowest BCUT2D eigenvalue weighted by Crippen LogP contribution is -2.10. The van der Waals surface area contributed by atoms with Crippen molar-refractivity contribution in [1.82, 2.24) is 14.6 Å². The van der Waals surface area contributed by atoms with Gasteiger partial charge in [0.05, 0.1) is 6.20 Å². The molecule has 0 amide bonds. The summed E-state index contributed by atoms with van der Waals surface area (Å²) in [5, 5.41) is 12.4. The Hall–Kier alpha value is -2.12. The SMILES string of the molecule is CCc1cc(C(=O)O)nc2c(C(F)(F)F)cnn12. The maximum atomic E-state index is 12.7. The van der Waals surface area contributed by atoms with Crippen LogP contribution in [0, 0.1) is 0 Å². The van der Waals surface area contributed by atoms with Crippen LogP contribution in [0.25, 0.3) is 5.65 Å². The van der Waals surface area contributed by atoms with Gasteiger partial charge in [-0.1, -0.05) is 6.92 Å². The number of carboxylic acids is 1. The van der Waals surface area contributed by atoms with E-state index in [2.05, 4.69) is 10.1 Å². The van der Waals surface area contributed by atoms with Gasteiger partial charge in [-0.15, -0.1) is 0 Å². The first kappa shape index (κ1) is 12.3. The molecule has 2 aromatic heterocycles. The third kappa shape index (κ3) is 1.89. The van der Waals surface area contributed by atoms with Crippen LogP contribution >= 0.6 is 0 Å². The summed E-state index contributed by atoms with van der Waals surface area (Å²) in [6, 6.07) is 1.21. The summed E-state index contributed by atoms with van der Waals surface area (Å²) in [4.78, 5) is 14.3. The van der Waals surface area contributed by atoms with E-state index in [-0.39, 0.29) is 0 Å². The van der Waals surface area contributed by atoms with Gasteiger partial charge in [0.2, 0.25) is 0 Å². The van der Waals surface area contributed by atoms with E-state index in [0.717, 1.165) is 4.52 Å². The third-order valence-corrected chi connectivity index (χ3v) is 2.43. The maximum absolute atomic E-state index is 12.7. The van der Waals surface area contributed by atoms with E-state index in [1.807, 2.05) is 0 Å². The molecule has 2 aromatic rings. The second-order valence-corrected chi connectivity index (χ2v) is 3.58. The third-order valence-electron chi connectivity index (χ3n) is 2.43. The molecule has 18 heavy (non-hydrogen) atoms. The number of alkyl halides is 3. The smallest absolute Gasteiger partial charge is 0.421 e.